The summed E-state index contributed by atoms with van der Waals surface area (Å²) in [7, 11) is 0. The van der Waals surface area contributed by atoms with Crippen molar-refractivity contribution in [2.45, 2.75) is 17.9 Å². The number of amides is 1. The first-order chi connectivity index (χ1) is 11.1. The highest BCUT2D eigenvalue weighted by atomic mass is 79.9. The van der Waals surface area contributed by atoms with Crippen LogP contribution in [0.2, 0.25) is 0 Å². The van der Waals surface area contributed by atoms with Crippen LogP contribution in [0.5, 0.6) is 11.5 Å². The third-order valence-corrected chi connectivity index (χ3v) is 5.00. The second-order valence-electron chi connectivity index (χ2n) is 5.14. The molecule has 0 radical (unpaired) electrons. The SMILES string of the molecule is C[C@H](NC(=O)CSc1ccc(Br)cc1)c1ccc2c(c1)OCO2. The topological polar surface area (TPSA) is 47.6 Å². The summed E-state index contributed by atoms with van der Waals surface area (Å²) in [6.45, 7) is 2.21. The Morgan fingerprint density at radius 3 is 2.74 bits per heavy atom. The molecule has 0 aromatic heterocycles. The minimum absolute atomic E-state index is 0.00286. The van der Waals surface area contributed by atoms with Gasteiger partial charge in [0, 0.05) is 9.37 Å². The van der Waals surface area contributed by atoms with Gasteiger partial charge in [-0.2, -0.15) is 0 Å². The predicted molar refractivity (Wildman–Crippen MR) is 94.0 cm³/mol. The van der Waals surface area contributed by atoms with Crippen LogP contribution >= 0.6 is 27.7 Å². The van der Waals surface area contributed by atoms with Crippen LogP contribution < -0.4 is 14.8 Å². The lowest BCUT2D eigenvalue weighted by molar-refractivity contribution is -0.119. The molecule has 0 spiro atoms. The number of fused-ring (bicyclic) bond motifs is 1. The van der Waals surface area contributed by atoms with Gasteiger partial charge in [0.05, 0.1) is 11.8 Å². The molecule has 1 aliphatic heterocycles. The summed E-state index contributed by atoms with van der Waals surface area (Å²) in [6, 6.07) is 13.6. The molecule has 0 aliphatic carbocycles. The summed E-state index contributed by atoms with van der Waals surface area (Å²) in [4.78, 5) is 13.2. The van der Waals surface area contributed by atoms with E-state index in [1.165, 1.54) is 11.8 Å². The summed E-state index contributed by atoms with van der Waals surface area (Å²) >= 11 is 4.91. The zero-order chi connectivity index (χ0) is 16.2. The van der Waals surface area contributed by atoms with Crippen LogP contribution in [-0.2, 0) is 4.79 Å². The van der Waals surface area contributed by atoms with E-state index in [1.807, 2.05) is 49.4 Å². The summed E-state index contributed by atoms with van der Waals surface area (Å²) in [5, 5.41) is 3.00. The fraction of sp³-hybridized carbons (Fsp3) is 0.235. The first-order valence-corrected chi connectivity index (χ1v) is 8.97. The number of rotatable bonds is 5. The van der Waals surface area contributed by atoms with E-state index in [9.17, 15) is 4.79 Å². The third-order valence-electron chi connectivity index (χ3n) is 3.46. The van der Waals surface area contributed by atoms with Gasteiger partial charge in [-0.25, -0.2) is 0 Å². The molecule has 6 heteroatoms. The number of hydrogen-bond donors (Lipinski definition) is 1. The largest absolute Gasteiger partial charge is 0.454 e. The van der Waals surface area contributed by atoms with Gasteiger partial charge in [-0.15, -0.1) is 11.8 Å². The van der Waals surface area contributed by atoms with E-state index >= 15 is 0 Å². The maximum absolute atomic E-state index is 12.1. The normalized spacial score (nSPS) is 13.7. The number of ether oxygens (including phenoxy) is 2. The van der Waals surface area contributed by atoms with Crippen LogP contribution in [0.1, 0.15) is 18.5 Å². The van der Waals surface area contributed by atoms with Crippen molar-refractivity contribution in [3.63, 3.8) is 0 Å². The molecule has 1 atom stereocenters. The van der Waals surface area contributed by atoms with Gasteiger partial charge in [-0.1, -0.05) is 22.0 Å². The maximum Gasteiger partial charge on any atom is 0.231 e. The third kappa shape index (κ3) is 4.20. The van der Waals surface area contributed by atoms with Crippen molar-refractivity contribution in [2.75, 3.05) is 12.5 Å². The number of thioether (sulfide) groups is 1. The monoisotopic (exact) mass is 393 g/mol. The number of nitrogens with one attached hydrogen (secondary N) is 1. The number of benzene rings is 2. The average molecular weight is 394 g/mol. The Bertz CT molecular complexity index is 705. The molecule has 0 saturated carbocycles. The maximum atomic E-state index is 12.1. The van der Waals surface area contributed by atoms with Gasteiger partial charge in [0.2, 0.25) is 12.7 Å². The van der Waals surface area contributed by atoms with Gasteiger partial charge >= 0.3 is 0 Å². The van der Waals surface area contributed by atoms with E-state index in [2.05, 4.69) is 21.2 Å². The van der Waals surface area contributed by atoms with Gasteiger partial charge in [-0.05, 0) is 48.9 Å². The van der Waals surface area contributed by atoms with Crippen LogP contribution in [0.25, 0.3) is 0 Å². The molecule has 3 rings (SSSR count). The zero-order valence-electron chi connectivity index (χ0n) is 12.5. The van der Waals surface area contributed by atoms with Crippen molar-refractivity contribution < 1.29 is 14.3 Å². The minimum Gasteiger partial charge on any atom is -0.454 e. The van der Waals surface area contributed by atoms with E-state index in [4.69, 9.17) is 9.47 Å². The van der Waals surface area contributed by atoms with Crippen LogP contribution in [0.15, 0.2) is 51.8 Å². The molecule has 120 valence electrons. The Balaban J connectivity index is 1.54. The summed E-state index contributed by atoms with van der Waals surface area (Å²) in [5.74, 6) is 1.87. The highest BCUT2D eigenvalue weighted by molar-refractivity contribution is 9.10. The van der Waals surface area contributed by atoms with E-state index in [0.29, 0.717) is 5.75 Å². The van der Waals surface area contributed by atoms with Crippen LogP contribution in [0.3, 0.4) is 0 Å². The van der Waals surface area contributed by atoms with Gasteiger partial charge in [0.15, 0.2) is 11.5 Å². The number of carbonyl (C=O) groups is 1. The first-order valence-electron chi connectivity index (χ1n) is 7.19. The Kier molecular flexibility index (Phi) is 5.13. The highest BCUT2D eigenvalue weighted by Crippen LogP contribution is 2.34. The van der Waals surface area contributed by atoms with Crippen molar-refractivity contribution in [2.24, 2.45) is 0 Å². The number of carbonyl (C=O) groups excluding carboxylic acids is 1. The van der Waals surface area contributed by atoms with Crippen LogP contribution in [-0.4, -0.2) is 18.5 Å². The minimum atomic E-state index is -0.0810. The molecule has 1 aliphatic rings. The Labute approximate surface area is 147 Å². The van der Waals surface area contributed by atoms with Crippen LogP contribution in [0.4, 0.5) is 0 Å². The summed E-state index contributed by atoms with van der Waals surface area (Å²) < 4.78 is 11.7. The lowest BCUT2D eigenvalue weighted by Gasteiger charge is -2.14. The highest BCUT2D eigenvalue weighted by Gasteiger charge is 2.16. The van der Waals surface area contributed by atoms with Crippen molar-refractivity contribution in [1.29, 1.82) is 0 Å². The van der Waals surface area contributed by atoms with Gasteiger partial charge < -0.3 is 14.8 Å². The molecule has 1 heterocycles. The molecule has 1 N–H and O–H groups in total. The molecule has 23 heavy (non-hydrogen) atoms. The smallest absolute Gasteiger partial charge is 0.231 e. The second-order valence-corrected chi connectivity index (χ2v) is 7.11. The molecule has 0 saturated heterocycles. The van der Waals surface area contributed by atoms with Gasteiger partial charge in [0.25, 0.3) is 0 Å². The van der Waals surface area contributed by atoms with Crippen molar-refractivity contribution in [3.8, 4) is 11.5 Å². The quantitative estimate of drug-likeness (QED) is 0.775. The molecule has 2 aromatic rings. The standard InChI is InChI=1S/C17H16BrNO3S/c1-11(12-2-7-15-16(8-12)22-10-21-15)19-17(20)9-23-14-5-3-13(18)4-6-14/h2-8,11H,9-10H2,1H3,(H,19,20)/t11-/m0/s1. The number of halogens is 1. The van der Waals surface area contributed by atoms with Crippen molar-refractivity contribution in [1.82, 2.24) is 5.32 Å². The number of hydrogen-bond acceptors (Lipinski definition) is 4. The first kappa shape index (κ1) is 16.2. The zero-order valence-corrected chi connectivity index (χ0v) is 14.9. The predicted octanol–water partition coefficient (Wildman–Crippen LogP) is 4.15. The summed E-state index contributed by atoms with van der Waals surface area (Å²) in [6.07, 6.45) is 0. The molecule has 0 fully saturated rings. The van der Waals surface area contributed by atoms with Crippen molar-refractivity contribution >= 4 is 33.6 Å². The van der Waals surface area contributed by atoms with E-state index in [1.54, 1.807) is 0 Å². The Morgan fingerprint density at radius 1 is 1.22 bits per heavy atom. The summed E-state index contributed by atoms with van der Waals surface area (Å²) in [5.41, 5.74) is 0.997. The average Bonchev–Trinajstić information content (AvgIpc) is 3.02. The lowest BCUT2D eigenvalue weighted by atomic mass is 10.1. The molecule has 1 amide bonds. The molecule has 4 nitrogen and oxygen atoms in total. The van der Waals surface area contributed by atoms with Crippen molar-refractivity contribution in [3.05, 3.63) is 52.5 Å². The second kappa shape index (κ2) is 7.27. The molecular formula is C17H16BrNO3S. The molecule has 0 bridgehead atoms. The molecule has 0 unspecified atom stereocenters. The fourth-order valence-electron chi connectivity index (χ4n) is 2.23. The van der Waals surface area contributed by atoms with E-state index in [0.717, 1.165) is 26.4 Å². The molecular weight excluding hydrogens is 378 g/mol. The Hall–Kier alpha value is -1.66. The van der Waals surface area contributed by atoms with Gasteiger partial charge in [0.1, 0.15) is 0 Å². The van der Waals surface area contributed by atoms with Gasteiger partial charge in [-0.3, -0.25) is 4.79 Å². The lowest BCUT2D eigenvalue weighted by Crippen LogP contribution is -2.28. The molecule has 2 aromatic carbocycles. The van der Waals surface area contributed by atoms with Crippen LogP contribution in [0, 0.1) is 0 Å². The van der Waals surface area contributed by atoms with E-state index < -0.39 is 0 Å². The Morgan fingerprint density at radius 2 is 1.96 bits per heavy atom. The fourth-order valence-corrected chi connectivity index (χ4v) is 3.20. The van der Waals surface area contributed by atoms with E-state index in [-0.39, 0.29) is 18.7 Å².